The van der Waals surface area contributed by atoms with Gasteiger partial charge in [0.05, 0.1) is 6.42 Å². The molecule has 0 spiro atoms. The lowest BCUT2D eigenvalue weighted by atomic mass is 10.1. The van der Waals surface area contributed by atoms with Gasteiger partial charge in [-0.05, 0) is 49.9 Å². The van der Waals surface area contributed by atoms with Gasteiger partial charge in [0.1, 0.15) is 6.04 Å². The minimum absolute atomic E-state index is 0.0496. The Morgan fingerprint density at radius 3 is 2.27 bits per heavy atom. The lowest BCUT2D eigenvalue weighted by Crippen LogP contribution is -2.51. The molecule has 0 saturated carbocycles. The van der Waals surface area contributed by atoms with Gasteiger partial charge in [-0.25, -0.2) is 0 Å². The molecule has 2 rings (SSSR count). The van der Waals surface area contributed by atoms with Gasteiger partial charge < -0.3 is 10.2 Å². The van der Waals surface area contributed by atoms with Gasteiger partial charge in [0, 0.05) is 22.6 Å². The molecule has 0 aliphatic rings. The average Bonchev–Trinajstić information content (AvgIpc) is 2.71. The van der Waals surface area contributed by atoms with Crippen LogP contribution < -0.4 is 5.32 Å². The van der Waals surface area contributed by atoms with Crippen LogP contribution in [0.2, 0.25) is 10.0 Å². The highest BCUT2D eigenvalue weighted by atomic mass is 35.5. The number of carbonyl (C=O) groups is 2. The maximum atomic E-state index is 13.3. The van der Waals surface area contributed by atoms with Crippen molar-refractivity contribution in [3.05, 3.63) is 69.2 Å². The maximum Gasteiger partial charge on any atom is 0.243 e. The molecule has 4 nitrogen and oxygen atoms in total. The van der Waals surface area contributed by atoms with Gasteiger partial charge in [0.15, 0.2) is 0 Å². The van der Waals surface area contributed by atoms with Crippen LogP contribution >= 0.6 is 23.2 Å². The van der Waals surface area contributed by atoms with E-state index in [1.807, 2.05) is 52.0 Å². The zero-order valence-electron chi connectivity index (χ0n) is 18.0. The van der Waals surface area contributed by atoms with E-state index in [0.717, 1.165) is 17.5 Å². The fraction of sp³-hybridized carbons (Fsp3) is 0.417. The monoisotopic (exact) mass is 448 g/mol. The number of hydrogen-bond acceptors (Lipinski definition) is 2. The molecule has 0 bridgehead atoms. The number of carbonyl (C=O) groups excluding carboxylic acids is 2. The summed E-state index contributed by atoms with van der Waals surface area (Å²) in [6, 6.07) is 12.6. The van der Waals surface area contributed by atoms with Gasteiger partial charge in [0.2, 0.25) is 11.8 Å². The Morgan fingerprint density at radius 1 is 1.03 bits per heavy atom. The third kappa shape index (κ3) is 6.75. The molecular weight excluding hydrogens is 419 g/mol. The summed E-state index contributed by atoms with van der Waals surface area (Å²) in [4.78, 5) is 27.9. The molecule has 0 aliphatic heterocycles. The summed E-state index contributed by atoms with van der Waals surface area (Å²) in [5.74, 6) is -0.277. The Kier molecular flexibility index (Phi) is 9.19. The van der Waals surface area contributed by atoms with Crippen molar-refractivity contribution in [3.63, 3.8) is 0 Å². The van der Waals surface area contributed by atoms with E-state index in [1.165, 1.54) is 0 Å². The first-order chi connectivity index (χ1) is 14.2. The maximum absolute atomic E-state index is 13.3. The SMILES string of the molecule is CC[C@@H](C)NC(=O)[C@H](CC)N(Cc1ccc(C)cc1)C(=O)Cc1ccc(Cl)cc1Cl. The number of rotatable bonds is 9. The molecule has 2 atom stereocenters. The first-order valence-electron chi connectivity index (χ1n) is 10.3. The summed E-state index contributed by atoms with van der Waals surface area (Å²) in [6.45, 7) is 8.28. The van der Waals surface area contributed by atoms with E-state index < -0.39 is 6.04 Å². The highest BCUT2D eigenvalue weighted by molar-refractivity contribution is 6.35. The third-order valence-corrected chi connectivity index (χ3v) is 5.80. The summed E-state index contributed by atoms with van der Waals surface area (Å²) in [6.07, 6.45) is 1.46. The van der Waals surface area contributed by atoms with E-state index in [2.05, 4.69) is 5.32 Å². The molecule has 0 unspecified atom stereocenters. The van der Waals surface area contributed by atoms with E-state index in [9.17, 15) is 9.59 Å². The van der Waals surface area contributed by atoms with Crippen molar-refractivity contribution in [1.29, 1.82) is 0 Å². The molecule has 2 amide bonds. The zero-order valence-corrected chi connectivity index (χ0v) is 19.6. The zero-order chi connectivity index (χ0) is 22.3. The quantitative estimate of drug-likeness (QED) is 0.545. The fourth-order valence-electron chi connectivity index (χ4n) is 3.18. The van der Waals surface area contributed by atoms with Crippen LogP contribution in [-0.4, -0.2) is 28.8 Å². The van der Waals surface area contributed by atoms with Crippen molar-refractivity contribution in [2.45, 2.75) is 65.6 Å². The second-order valence-corrected chi connectivity index (χ2v) is 8.51. The van der Waals surface area contributed by atoms with Gasteiger partial charge in [-0.1, -0.05) is 72.9 Å². The van der Waals surface area contributed by atoms with E-state index in [0.29, 0.717) is 28.6 Å². The van der Waals surface area contributed by atoms with Crippen molar-refractivity contribution in [3.8, 4) is 0 Å². The molecule has 0 fully saturated rings. The fourth-order valence-corrected chi connectivity index (χ4v) is 3.66. The van der Waals surface area contributed by atoms with Crippen LogP contribution in [0.25, 0.3) is 0 Å². The van der Waals surface area contributed by atoms with Crippen LogP contribution in [0.1, 0.15) is 50.3 Å². The Bertz CT molecular complexity index is 868. The third-order valence-electron chi connectivity index (χ3n) is 5.22. The Hall–Kier alpha value is -2.04. The predicted octanol–water partition coefficient (Wildman–Crippen LogP) is 5.57. The van der Waals surface area contributed by atoms with Crippen LogP contribution in [-0.2, 0) is 22.6 Å². The van der Waals surface area contributed by atoms with Crippen molar-refractivity contribution < 1.29 is 9.59 Å². The van der Waals surface area contributed by atoms with E-state index in [1.54, 1.807) is 23.1 Å². The smallest absolute Gasteiger partial charge is 0.243 e. The number of halogens is 2. The number of nitrogens with one attached hydrogen (secondary N) is 1. The molecule has 2 aromatic carbocycles. The van der Waals surface area contributed by atoms with E-state index >= 15 is 0 Å². The van der Waals surface area contributed by atoms with Gasteiger partial charge in [-0.3, -0.25) is 9.59 Å². The minimum atomic E-state index is -0.557. The molecule has 162 valence electrons. The Labute approximate surface area is 189 Å². The summed E-state index contributed by atoms with van der Waals surface area (Å²) in [5.41, 5.74) is 2.81. The second kappa shape index (κ2) is 11.4. The van der Waals surface area contributed by atoms with E-state index in [-0.39, 0.29) is 24.3 Å². The van der Waals surface area contributed by atoms with Gasteiger partial charge in [-0.15, -0.1) is 0 Å². The van der Waals surface area contributed by atoms with Crippen LogP contribution in [0.3, 0.4) is 0 Å². The predicted molar refractivity (Wildman–Crippen MR) is 124 cm³/mol. The van der Waals surface area contributed by atoms with Crippen LogP contribution in [0.5, 0.6) is 0 Å². The summed E-state index contributed by atoms with van der Waals surface area (Å²) >= 11 is 12.3. The second-order valence-electron chi connectivity index (χ2n) is 7.66. The standard InChI is InChI=1S/C24H30Cl2N2O2/c1-5-17(4)27-24(30)22(6-2)28(15-18-9-7-16(3)8-10-18)23(29)13-19-11-12-20(25)14-21(19)26/h7-12,14,17,22H,5-6,13,15H2,1-4H3,(H,27,30)/t17-,22+/m1/s1. The summed E-state index contributed by atoms with van der Waals surface area (Å²) < 4.78 is 0. The number of aryl methyl sites for hydroxylation is 1. The molecule has 0 saturated heterocycles. The van der Waals surface area contributed by atoms with E-state index in [4.69, 9.17) is 23.2 Å². The number of nitrogens with zero attached hydrogens (tertiary/aromatic N) is 1. The molecule has 30 heavy (non-hydrogen) atoms. The molecule has 2 aromatic rings. The Balaban J connectivity index is 2.31. The normalized spacial score (nSPS) is 12.9. The number of benzene rings is 2. The molecule has 0 heterocycles. The lowest BCUT2D eigenvalue weighted by molar-refractivity contribution is -0.141. The molecule has 0 aliphatic carbocycles. The largest absolute Gasteiger partial charge is 0.352 e. The molecule has 1 N–H and O–H groups in total. The minimum Gasteiger partial charge on any atom is -0.352 e. The number of amides is 2. The topological polar surface area (TPSA) is 49.4 Å². The van der Waals surface area contributed by atoms with Crippen LogP contribution in [0.4, 0.5) is 0 Å². The average molecular weight is 449 g/mol. The van der Waals surface area contributed by atoms with Crippen molar-refractivity contribution in [1.82, 2.24) is 10.2 Å². The molecule has 0 aromatic heterocycles. The van der Waals surface area contributed by atoms with Gasteiger partial charge in [0.25, 0.3) is 0 Å². The van der Waals surface area contributed by atoms with Crippen LogP contribution in [0, 0.1) is 6.92 Å². The molecule has 6 heteroatoms. The molecular formula is C24H30Cl2N2O2. The van der Waals surface area contributed by atoms with Crippen LogP contribution in [0.15, 0.2) is 42.5 Å². The molecule has 0 radical (unpaired) electrons. The number of hydrogen-bond donors (Lipinski definition) is 1. The highest BCUT2D eigenvalue weighted by Gasteiger charge is 2.29. The van der Waals surface area contributed by atoms with Crippen molar-refractivity contribution >= 4 is 35.0 Å². The van der Waals surface area contributed by atoms with Crippen molar-refractivity contribution in [2.75, 3.05) is 0 Å². The first-order valence-corrected chi connectivity index (χ1v) is 11.1. The van der Waals surface area contributed by atoms with Gasteiger partial charge >= 0.3 is 0 Å². The Morgan fingerprint density at radius 2 is 1.70 bits per heavy atom. The summed E-state index contributed by atoms with van der Waals surface area (Å²) in [7, 11) is 0. The van der Waals surface area contributed by atoms with Gasteiger partial charge in [-0.2, -0.15) is 0 Å². The summed E-state index contributed by atoms with van der Waals surface area (Å²) in [5, 5.41) is 3.99. The lowest BCUT2D eigenvalue weighted by Gasteiger charge is -2.31. The highest BCUT2D eigenvalue weighted by Crippen LogP contribution is 2.23. The first kappa shape index (κ1) is 24.2. The van der Waals surface area contributed by atoms with Crippen molar-refractivity contribution in [2.24, 2.45) is 0 Å².